The molecule has 1 unspecified atom stereocenters. The summed E-state index contributed by atoms with van der Waals surface area (Å²) in [6.45, 7) is 1.51. The number of morpholine rings is 1. The third-order valence-electron chi connectivity index (χ3n) is 3.69. The number of hydrogen-bond donors (Lipinski definition) is 0. The fourth-order valence-electron chi connectivity index (χ4n) is 2.49. The summed E-state index contributed by atoms with van der Waals surface area (Å²) in [6, 6.07) is 13.5. The van der Waals surface area contributed by atoms with Crippen molar-refractivity contribution in [3.63, 3.8) is 0 Å². The maximum Gasteiger partial charge on any atom is 0.254 e. The highest BCUT2D eigenvalue weighted by molar-refractivity contribution is 9.10. The third kappa shape index (κ3) is 3.36. The Bertz CT molecular complexity index is 657. The summed E-state index contributed by atoms with van der Waals surface area (Å²) in [7, 11) is 0. The molecular weight excluding hydrogens is 349 g/mol. The number of rotatable bonds is 2. The molecule has 0 N–H and O–H groups in total. The second-order valence-electron chi connectivity index (χ2n) is 5.17. The van der Waals surface area contributed by atoms with Gasteiger partial charge < -0.3 is 9.64 Å². The van der Waals surface area contributed by atoms with Crippen LogP contribution in [0.25, 0.3) is 0 Å². The van der Waals surface area contributed by atoms with E-state index in [0.29, 0.717) is 25.3 Å². The van der Waals surface area contributed by atoms with E-state index >= 15 is 0 Å². The van der Waals surface area contributed by atoms with Crippen LogP contribution >= 0.6 is 15.9 Å². The average molecular weight is 364 g/mol. The standard InChI is InChI=1S/C17H15BrFNO2/c18-14-5-1-13(2-6-14)17(21)20-9-10-22-16(11-20)12-3-7-15(19)8-4-12/h1-8,16H,9-11H2. The van der Waals surface area contributed by atoms with E-state index in [1.54, 1.807) is 29.2 Å². The van der Waals surface area contributed by atoms with Gasteiger partial charge in [0, 0.05) is 16.6 Å². The largest absolute Gasteiger partial charge is 0.370 e. The molecule has 22 heavy (non-hydrogen) atoms. The van der Waals surface area contributed by atoms with E-state index in [-0.39, 0.29) is 17.8 Å². The van der Waals surface area contributed by atoms with E-state index in [9.17, 15) is 9.18 Å². The molecule has 0 bridgehead atoms. The Balaban J connectivity index is 1.73. The molecular formula is C17H15BrFNO2. The topological polar surface area (TPSA) is 29.5 Å². The van der Waals surface area contributed by atoms with Crippen LogP contribution in [-0.2, 0) is 4.74 Å². The van der Waals surface area contributed by atoms with Gasteiger partial charge in [0.1, 0.15) is 11.9 Å². The van der Waals surface area contributed by atoms with Crippen LogP contribution in [0.2, 0.25) is 0 Å². The van der Waals surface area contributed by atoms with Crippen LogP contribution in [0.3, 0.4) is 0 Å². The first-order valence-electron chi connectivity index (χ1n) is 7.05. The molecule has 3 nitrogen and oxygen atoms in total. The van der Waals surface area contributed by atoms with Crippen molar-refractivity contribution < 1.29 is 13.9 Å². The Hall–Kier alpha value is -1.72. The lowest BCUT2D eigenvalue weighted by Gasteiger charge is -2.33. The molecule has 2 aromatic rings. The van der Waals surface area contributed by atoms with Crippen LogP contribution < -0.4 is 0 Å². The molecule has 1 atom stereocenters. The van der Waals surface area contributed by atoms with Crippen LogP contribution in [-0.4, -0.2) is 30.5 Å². The van der Waals surface area contributed by atoms with E-state index in [4.69, 9.17) is 4.74 Å². The summed E-state index contributed by atoms with van der Waals surface area (Å²) in [5, 5.41) is 0. The molecule has 0 aromatic heterocycles. The van der Waals surface area contributed by atoms with Crippen LogP contribution in [0.4, 0.5) is 4.39 Å². The zero-order valence-electron chi connectivity index (χ0n) is 11.8. The van der Waals surface area contributed by atoms with Crippen molar-refractivity contribution in [1.29, 1.82) is 0 Å². The number of hydrogen-bond acceptors (Lipinski definition) is 2. The quantitative estimate of drug-likeness (QED) is 0.811. The maximum absolute atomic E-state index is 13.0. The number of benzene rings is 2. The maximum atomic E-state index is 13.0. The number of carbonyl (C=O) groups is 1. The summed E-state index contributed by atoms with van der Waals surface area (Å²) in [6.07, 6.45) is -0.214. The van der Waals surface area contributed by atoms with E-state index in [1.807, 2.05) is 12.1 Å². The Morgan fingerprint density at radius 1 is 1.14 bits per heavy atom. The van der Waals surface area contributed by atoms with Crippen molar-refractivity contribution in [1.82, 2.24) is 4.90 Å². The monoisotopic (exact) mass is 363 g/mol. The van der Waals surface area contributed by atoms with Gasteiger partial charge in [-0.25, -0.2) is 4.39 Å². The van der Waals surface area contributed by atoms with Gasteiger partial charge in [-0.05, 0) is 42.0 Å². The van der Waals surface area contributed by atoms with Gasteiger partial charge in [0.05, 0.1) is 13.2 Å². The number of ether oxygens (including phenoxy) is 1. The van der Waals surface area contributed by atoms with Gasteiger partial charge in [-0.2, -0.15) is 0 Å². The number of nitrogens with zero attached hydrogens (tertiary/aromatic N) is 1. The van der Waals surface area contributed by atoms with E-state index < -0.39 is 0 Å². The van der Waals surface area contributed by atoms with Gasteiger partial charge in [-0.1, -0.05) is 28.1 Å². The first kappa shape index (κ1) is 15.2. The van der Waals surface area contributed by atoms with Crippen molar-refractivity contribution >= 4 is 21.8 Å². The van der Waals surface area contributed by atoms with E-state index in [0.717, 1.165) is 10.0 Å². The first-order valence-corrected chi connectivity index (χ1v) is 7.85. The highest BCUT2D eigenvalue weighted by atomic mass is 79.9. The third-order valence-corrected chi connectivity index (χ3v) is 4.22. The molecule has 0 radical (unpaired) electrons. The molecule has 1 heterocycles. The van der Waals surface area contributed by atoms with Crippen molar-refractivity contribution in [2.45, 2.75) is 6.10 Å². The van der Waals surface area contributed by atoms with Crippen LogP contribution in [0, 0.1) is 5.82 Å². The van der Waals surface area contributed by atoms with Gasteiger partial charge in [0.25, 0.3) is 5.91 Å². The Morgan fingerprint density at radius 3 is 2.50 bits per heavy atom. The van der Waals surface area contributed by atoms with Gasteiger partial charge in [-0.3, -0.25) is 4.79 Å². The molecule has 1 saturated heterocycles. The molecule has 0 saturated carbocycles. The lowest BCUT2D eigenvalue weighted by Crippen LogP contribution is -2.42. The average Bonchev–Trinajstić information content (AvgIpc) is 2.56. The van der Waals surface area contributed by atoms with Crippen molar-refractivity contribution in [2.24, 2.45) is 0 Å². The van der Waals surface area contributed by atoms with Crippen LogP contribution in [0.5, 0.6) is 0 Å². The molecule has 1 amide bonds. The SMILES string of the molecule is O=C(c1ccc(Br)cc1)N1CCOC(c2ccc(F)cc2)C1. The lowest BCUT2D eigenvalue weighted by molar-refractivity contribution is -0.0228. The van der Waals surface area contributed by atoms with Gasteiger partial charge in [-0.15, -0.1) is 0 Å². The molecule has 2 aromatic carbocycles. The molecule has 3 rings (SSSR count). The van der Waals surface area contributed by atoms with E-state index in [2.05, 4.69) is 15.9 Å². The normalized spacial score (nSPS) is 18.3. The molecule has 114 valence electrons. The summed E-state index contributed by atoms with van der Waals surface area (Å²) < 4.78 is 19.7. The Kier molecular flexibility index (Phi) is 4.55. The summed E-state index contributed by atoms with van der Waals surface area (Å²) in [5.74, 6) is -0.287. The first-order chi connectivity index (χ1) is 10.6. The minimum absolute atomic E-state index is 0.0112. The Labute approximate surface area is 136 Å². The fraction of sp³-hybridized carbons (Fsp3) is 0.235. The van der Waals surface area contributed by atoms with Gasteiger partial charge >= 0.3 is 0 Å². The number of carbonyl (C=O) groups excluding carboxylic acids is 1. The minimum Gasteiger partial charge on any atom is -0.370 e. The highest BCUT2D eigenvalue weighted by Crippen LogP contribution is 2.24. The fourth-order valence-corrected chi connectivity index (χ4v) is 2.75. The summed E-state index contributed by atoms with van der Waals surface area (Å²) >= 11 is 3.36. The lowest BCUT2D eigenvalue weighted by atomic mass is 10.1. The second-order valence-corrected chi connectivity index (χ2v) is 6.08. The van der Waals surface area contributed by atoms with Crippen LogP contribution in [0.15, 0.2) is 53.0 Å². The van der Waals surface area contributed by atoms with Crippen molar-refractivity contribution in [2.75, 3.05) is 19.7 Å². The molecule has 5 heteroatoms. The van der Waals surface area contributed by atoms with Crippen LogP contribution in [0.1, 0.15) is 22.0 Å². The highest BCUT2D eigenvalue weighted by Gasteiger charge is 2.26. The predicted octanol–water partition coefficient (Wildman–Crippen LogP) is 3.80. The Morgan fingerprint density at radius 2 is 1.82 bits per heavy atom. The molecule has 0 aliphatic carbocycles. The van der Waals surface area contributed by atoms with E-state index in [1.165, 1.54) is 12.1 Å². The second kappa shape index (κ2) is 6.58. The van der Waals surface area contributed by atoms with Crippen molar-refractivity contribution in [3.05, 3.63) is 69.9 Å². The molecule has 1 fully saturated rings. The zero-order chi connectivity index (χ0) is 15.5. The number of halogens is 2. The predicted molar refractivity (Wildman–Crippen MR) is 85.1 cm³/mol. The number of amides is 1. The van der Waals surface area contributed by atoms with Gasteiger partial charge in [0.15, 0.2) is 0 Å². The van der Waals surface area contributed by atoms with Crippen molar-refractivity contribution in [3.8, 4) is 0 Å². The summed E-state index contributed by atoms with van der Waals surface area (Å²) in [4.78, 5) is 14.3. The molecule has 1 aliphatic rings. The molecule has 1 aliphatic heterocycles. The minimum atomic E-state index is -0.276. The summed E-state index contributed by atoms with van der Waals surface area (Å²) in [5.41, 5.74) is 1.54. The zero-order valence-corrected chi connectivity index (χ0v) is 13.4. The molecule has 0 spiro atoms. The van der Waals surface area contributed by atoms with Gasteiger partial charge in [0.2, 0.25) is 0 Å². The smallest absolute Gasteiger partial charge is 0.254 e.